The Hall–Kier alpha value is -3.80. The topological polar surface area (TPSA) is 34.1 Å². The van der Waals surface area contributed by atoms with Gasteiger partial charge in [0.05, 0.1) is 16.3 Å². The highest BCUT2D eigenvalue weighted by molar-refractivity contribution is 7.78. The fourth-order valence-corrected chi connectivity index (χ4v) is 4.12. The molecule has 0 saturated heterocycles. The first-order chi connectivity index (χ1) is 16.6. The Bertz CT molecular complexity index is 1440. The van der Waals surface area contributed by atoms with Crippen LogP contribution in [0.25, 0.3) is 22.8 Å². The van der Waals surface area contributed by atoms with Gasteiger partial charge in [-0.1, -0.05) is 70.4 Å². The standard InChI is InChI=1S/C28H21ClN4S/c1-20-12-14-21(15-13-20)26-31-33(25-10-6-3-7-11-25)28(32(26)24-8-4-2-5-9-24)27(34)30-23-18-16-22(29)17-19-23/h2-19H,1H3. The summed E-state index contributed by atoms with van der Waals surface area (Å²) < 4.78 is 3.93. The summed E-state index contributed by atoms with van der Waals surface area (Å²) in [7, 11) is 0. The van der Waals surface area contributed by atoms with E-state index in [1.165, 1.54) is 5.56 Å². The largest absolute Gasteiger partial charge is 0.754 e. The van der Waals surface area contributed by atoms with Crippen molar-refractivity contribution in [3.05, 3.63) is 126 Å². The minimum Gasteiger partial charge on any atom is -0.754 e. The van der Waals surface area contributed by atoms with Gasteiger partial charge in [-0.3, -0.25) is 4.99 Å². The van der Waals surface area contributed by atoms with E-state index in [4.69, 9.17) is 34.3 Å². The van der Waals surface area contributed by atoms with Gasteiger partial charge in [0.15, 0.2) is 0 Å². The highest BCUT2D eigenvalue weighted by Gasteiger charge is 2.29. The van der Waals surface area contributed by atoms with Crippen LogP contribution in [0.5, 0.6) is 0 Å². The minimum absolute atomic E-state index is 0.417. The molecule has 0 aliphatic carbocycles. The van der Waals surface area contributed by atoms with E-state index in [0.717, 1.165) is 28.5 Å². The summed E-state index contributed by atoms with van der Waals surface area (Å²) in [5, 5.41) is 6.11. The molecular formula is C28H21ClN4S. The normalized spacial score (nSPS) is 11.5. The van der Waals surface area contributed by atoms with E-state index in [1.54, 1.807) is 12.1 Å². The average Bonchev–Trinajstić information content (AvgIpc) is 3.28. The fourth-order valence-electron chi connectivity index (χ4n) is 3.71. The number of aryl methyl sites for hydroxylation is 1. The molecule has 0 aliphatic heterocycles. The van der Waals surface area contributed by atoms with Crippen molar-refractivity contribution in [2.24, 2.45) is 4.99 Å². The lowest BCUT2D eigenvalue weighted by Gasteiger charge is -2.12. The molecule has 5 aromatic rings. The number of hydrogen-bond donors (Lipinski definition) is 0. The first-order valence-electron chi connectivity index (χ1n) is 10.8. The summed E-state index contributed by atoms with van der Waals surface area (Å²) in [4.78, 5) is 4.75. The van der Waals surface area contributed by atoms with Crippen molar-refractivity contribution in [2.45, 2.75) is 6.92 Å². The molecule has 0 amide bonds. The molecule has 0 atom stereocenters. The maximum absolute atomic E-state index is 6.07. The predicted octanol–water partition coefficient (Wildman–Crippen LogP) is 6.40. The molecule has 0 radical (unpaired) electrons. The highest BCUT2D eigenvalue weighted by atomic mass is 35.5. The fraction of sp³-hybridized carbons (Fsp3) is 0.0357. The van der Waals surface area contributed by atoms with Crippen LogP contribution in [-0.4, -0.2) is 14.8 Å². The number of aromatic nitrogens is 3. The lowest BCUT2D eigenvalue weighted by Crippen LogP contribution is -2.39. The quantitative estimate of drug-likeness (QED) is 0.126. The maximum atomic E-state index is 6.07. The zero-order chi connectivity index (χ0) is 23.5. The van der Waals surface area contributed by atoms with Gasteiger partial charge in [-0.25, -0.2) is 0 Å². The molecule has 0 fully saturated rings. The maximum Gasteiger partial charge on any atom is 0.314 e. The molecule has 5 rings (SSSR count). The van der Waals surface area contributed by atoms with Crippen LogP contribution < -0.4 is 4.57 Å². The lowest BCUT2D eigenvalue weighted by molar-refractivity contribution is -0.585. The highest BCUT2D eigenvalue weighted by Crippen LogP contribution is 2.22. The van der Waals surface area contributed by atoms with Crippen LogP contribution in [0.2, 0.25) is 5.02 Å². The van der Waals surface area contributed by atoms with E-state index in [-0.39, 0.29) is 0 Å². The van der Waals surface area contributed by atoms with E-state index in [2.05, 4.69) is 35.8 Å². The zero-order valence-corrected chi connectivity index (χ0v) is 20.0. The van der Waals surface area contributed by atoms with Crippen LogP contribution in [0, 0.1) is 6.92 Å². The Morgan fingerprint density at radius 3 is 2.09 bits per heavy atom. The van der Waals surface area contributed by atoms with Gasteiger partial charge in [0.2, 0.25) is 0 Å². The molecule has 0 bridgehead atoms. The smallest absolute Gasteiger partial charge is 0.314 e. The van der Waals surface area contributed by atoms with Gasteiger partial charge in [0.1, 0.15) is 11.4 Å². The summed E-state index contributed by atoms with van der Waals surface area (Å²) in [5.74, 6) is 1.47. The molecule has 0 saturated carbocycles. The van der Waals surface area contributed by atoms with Crippen LogP contribution in [0.4, 0.5) is 5.69 Å². The number of aliphatic imine (C=N–C) groups is 1. The minimum atomic E-state index is 0.417. The number of para-hydroxylation sites is 2. The Balaban J connectivity index is 1.81. The van der Waals surface area contributed by atoms with Gasteiger partial charge in [-0.2, -0.15) is 4.57 Å². The second kappa shape index (κ2) is 9.59. The van der Waals surface area contributed by atoms with Crippen molar-refractivity contribution in [2.75, 3.05) is 0 Å². The third-order valence-electron chi connectivity index (χ3n) is 5.39. The Labute approximate surface area is 209 Å². The summed E-state index contributed by atoms with van der Waals surface area (Å²) in [6, 6.07) is 35.7. The van der Waals surface area contributed by atoms with Crippen LogP contribution >= 0.6 is 11.6 Å². The van der Waals surface area contributed by atoms with Crippen molar-refractivity contribution in [1.29, 1.82) is 0 Å². The number of rotatable bonds is 5. The van der Waals surface area contributed by atoms with Gasteiger partial charge in [0, 0.05) is 5.02 Å². The molecule has 0 unspecified atom stereocenters. The van der Waals surface area contributed by atoms with Crippen molar-refractivity contribution in [3.8, 4) is 22.8 Å². The van der Waals surface area contributed by atoms with Crippen LogP contribution in [0.3, 0.4) is 0 Å². The summed E-state index contributed by atoms with van der Waals surface area (Å²) >= 11 is 12.0. The number of hydrogen-bond acceptors (Lipinski definition) is 3. The Kier molecular flexibility index (Phi) is 6.21. The molecule has 0 spiro atoms. The van der Waals surface area contributed by atoms with Gasteiger partial charge >= 0.3 is 5.82 Å². The van der Waals surface area contributed by atoms with Crippen LogP contribution in [0.15, 0.2) is 114 Å². The third kappa shape index (κ3) is 4.49. The number of nitrogens with zero attached hydrogens (tertiary/aromatic N) is 4. The van der Waals surface area contributed by atoms with Crippen LogP contribution in [0.1, 0.15) is 11.4 Å². The van der Waals surface area contributed by atoms with Crippen LogP contribution in [-0.2, 0) is 12.6 Å². The molecule has 166 valence electrons. The molecule has 1 heterocycles. The molecule has 0 aliphatic rings. The van der Waals surface area contributed by atoms with Gasteiger partial charge in [-0.05, 0) is 72.6 Å². The SMILES string of the molecule is Cc1ccc(-c2nn(-c3ccccc3)c(C([S-])=Nc3ccc(Cl)cc3)[n+]2-c2ccccc2)cc1. The summed E-state index contributed by atoms with van der Waals surface area (Å²) in [6.07, 6.45) is 0. The van der Waals surface area contributed by atoms with Gasteiger partial charge in [-0.15, -0.1) is 0 Å². The van der Waals surface area contributed by atoms with Gasteiger partial charge in [0.25, 0.3) is 5.82 Å². The first kappa shape index (κ1) is 22.0. The second-order valence-corrected chi connectivity index (χ2v) is 8.65. The predicted molar refractivity (Wildman–Crippen MR) is 140 cm³/mol. The van der Waals surface area contributed by atoms with Crippen molar-refractivity contribution >= 4 is 35.0 Å². The Morgan fingerprint density at radius 1 is 0.824 bits per heavy atom. The monoisotopic (exact) mass is 480 g/mol. The zero-order valence-electron chi connectivity index (χ0n) is 18.5. The van der Waals surface area contributed by atoms with Gasteiger partial charge < -0.3 is 12.6 Å². The van der Waals surface area contributed by atoms with Crippen molar-refractivity contribution in [1.82, 2.24) is 9.78 Å². The molecule has 6 heteroatoms. The lowest BCUT2D eigenvalue weighted by atomic mass is 10.1. The average molecular weight is 481 g/mol. The molecule has 1 aromatic heterocycles. The van der Waals surface area contributed by atoms with E-state index in [1.807, 2.05) is 77.5 Å². The van der Waals surface area contributed by atoms with Crippen molar-refractivity contribution < 1.29 is 4.57 Å². The van der Waals surface area contributed by atoms with E-state index in [9.17, 15) is 0 Å². The molecule has 0 N–H and O–H groups in total. The third-order valence-corrected chi connectivity index (χ3v) is 5.92. The summed E-state index contributed by atoms with van der Waals surface area (Å²) in [5.41, 5.74) is 4.75. The first-order valence-corrected chi connectivity index (χ1v) is 11.6. The van der Waals surface area contributed by atoms with E-state index in [0.29, 0.717) is 15.9 Å². The second-order valence-electron chi connectivity index (χ2n) is 7.82. The van der Waals surface area contributed by atoms with Crippen molar-refractivity contribution in [3.63, 3.8) is 0 Å². The number of halogens is 1. The van der Waals surface area contributed by atoms with E-state index >= 15 is 0 Å². The number of benzene rings is 4. The molecule has 4 nitrogen and oxygen atoms in total. The Morgan fingerprint density at radius 2 is 1.44 bits per heavy atom. The molecule has 4 aromatic carbocycles. The summed E-state index contributed by atoms with van der Waals surface area (Å²) in [6.45, 7) is 2.07. The molecule has 34 heavy (non-hydrogen) atoms. The van der Waals surface area contributed by atoms with E-state index < -0.39 is 0 Å². The molecular weight excluding hydrogens is 460 g/mol.